The highest BCUT2D eigenvalue weighted by molar-refractivity contribution is 5.68. The third-order valence-corrected chi connectivity index (χ3v) is 2.95. The molecule has 0 saturated carbocycles. The Hall–Kier alpha value is -2.02. The average molecular weight is 267 g/mol. The molecular weight excluding hydrogens is 242 g/mol. The van der Waals surface area contributed by atoms with Crippen molar-refractivity contribution < 1.29 is 0 Å². The second-order valence-corrected chi connectivity index (χ2v) is 4.69. The molecular formula is C19H25N. The summed E-state index contributed by atoms with van der Waals surface area (Å²) in [5.74, 6) is 0. The largest absolute Gasteiger partial charge is 0.388 e. The van der Waals surface area contributed by atoms with Crippen LogP contribution in [0.2, 0.25) is 0 Å². The number of hydrogen-bond donors (Lipinski definition) is 1. The zero-order valence-corrected chi connectivity index (χ0v) is 12.8. The summed E-state index contributed by atoms with van der Waals surface area (Å²) in [7, 11) is 1.95. The first-order chi connectivity index (χ1) is 9.74. The maximum Gasteiger partial charge on any atom is 0.0343 e. The van der Waals surface area contributed by atoms with E-state index in [1.807, 2.05) is 14.0 Å². The molecule has 20 heavy (non-hydrogen) atoms. The van der Waals surface area contributed by atoms with E-state index in [0.29, 0.717) is 0 Å². The zero-order chi connectivity index (χ0) is 14.8. The standard InChI is InChI=1S/C16H19N.C3H6/c1-3-6-13-7-4-8-14(11-13)15-9-5-10-16(12-15)17-2;1-3-2/h4-5,7-12,17H,3,6H2,1-2H3;3H,1H2,2H3. The van der Waals surface area contributed by atoms with E-state index < -0.39 is 0 Å². The summed E-state index contributed by atoms with van der Waals surface area (Å²) in [6, 6.07) is 17.3. The molecule has 0 fully saturated rings. The number of aryl methyl sites for hydroxylation is 1. The monoisotopic (exact) mass is 267 g/mol. The zero-order valence-electron chi connectivity index (χ0n) is 12.8. The van der Waals surface area contributed by atoms with Crippen molar-refractivity contribution in [3.05, 3.63) is 66.7 Å². The minimum absolute atomic E-state index is 1.15. The van der Waals surface area contributed by atoms with Crippen LogP contribution in [0.1, 0.15) is 25.8 Å². The molecule has 0 unspecified atom stereocenters. The van der Waals surface area contributed by atoms with Gasteiger partial charge in [-0.05, 0) is 42.2 Å². The summed E-state index contributed by atoms with van der Waals surface area (Å²) >= 11 is 0. The Labute approximate surface area is 123 Å². The molecule has 0 saturated heterocycles. The molecule has 2 aromatic rings. The van der Waals surface area contributed by atoms with Crippen molar-refractivity contribution >= 4 is 5.69 Å². The van der Waals surface area contributed by atoms with E-state index in [2.05, 4.69) is 67.4 Å². The molecule has 0 amide bonds. The van der Waals surface area contributed by atoms with Gasteiger partial charge in [0.2, 0.25) is 0 Å². The van der Waals surface area contributed by atoms with Crippen LogP contribution in [0, 0.1) is 0 Å². The number of allylic oxidation sites excluding steroid dienone is 1. The van der Waals surface area contributed by atoms with Crippen LogP contribution in [0.25, 0.3) is 11.1 Å². The summed E-state index contributed by atoms with van der Waals surface area (Å²) in [4.78, 5) is 0. The predicted molar refractivity (Wildman–Crippen MR) is 91.3 cm³/mol. The van der Waals surface area contributed by atoms with Gasteiger partial charge in [0, 0.05) is 12.7 Å². The first-order valence-corrected chi connectivity index (χ1v) is 7.19. The van der Waals surface area contributed by atoms with Crippen LogP contribution in [0.15, 0.2) is 61.2 Å². The fraction of sp³-hybridized carbons (Fsp3) is 0.263. The fourth-order valence-electron chi connectivity index (χ4n) is 2.05. The molecule has 1 heteroatoms. The maximum absolute atomic E-state index is 3.36. The molecule has 0 aliphatic heterocycles. The number of benzene rings is 2. The molecule has 0 radical (unpaired) electrons. The van der Waals surface area contributed by atoms with Crippen molar-refractivity contribution in [2.75, 3.05) is 12.4 Å². The van der Waals surface area contributed by atoms with E-state index in [-0.39, 0.29) is 0 Å². The third-order valence-electron chi connectivity index (χ3n) is 2.95. The SMILES string of the molecule is C=CC.CCCc1cccc(-c2cccc(NC)c2)c1. The van der Waals surface area contributed by atoms with E-state index in [1.165, 1.54) is 23.1 Å². The number of nitrogens with one attached hydrogen (secondary N) is 1. The van der Waals surface area contributed by atoms with Gasteiger partial charge in [-0.15, -0.1) is 6.58 Å². The lowest BCUT2D eigenvalue weighted by Crippen LogP contribution is -1.89. The fourth-order valence-corrected chi connectivity index (χ4v) is 2.05. The Bertz CT molecular complexity index is 529. The molecule has 0 aliphatic carbocycles. The maximum atomic E-state index is 3.36. The smallest absolute Gasteiger partial charge is 0.0343 e. The highest BCUT2D eigenvalue weighted by atomic mass is 14.8. The summed E-state index contributed by atoms with van der Waals surface area (Å²) < 4.78 is 0. The Kier molecular flexibility index (Phi) is 7.20. The topological polar surface area (TPSA) is 12.0 Å². The minimum Gasteiger partial charge on any atom is -0.388 e. The van der Waals surface area contributed by atoms with Gasteiger partial charge in [-0.25, -0.2) is 0 Å². The van der Waals surface area contributed by atoms with E-state index in [0.717, 1.165) is 12.1 Å². The van der Waals surface area contributed by atoms with Crippen LogP contribution >= 0.6 is 0 Å². The molecule has 0 spiro atoms. The number of anilines is 1. The average Bonchev–Trinajstić information content (AvgIpc) is 2.49. The molecule has 2 aromatic carbocycles. The second kappa shape index (κ2) is 8.98. The van der Waals surface area contributed by atoms with Crippen molar-refractivity contribution in [2.24, 2.45) is 0 Å². The molecule has 2 rings (SSSR count). The van der Waals surface area contributed by atoms with Crippen molar-refractivity contribution in [3.63, 3.8) is 0 Å². The van der Waals surface area contributed by atoms with Gasteiger partial charge in [-0.3, -0.25) is 0 Å². The molecule has 106 valence electrons. The number of rotatable bonds is 4. The van der Waals surface area contributed by atoms with Gasteiger partial charge in [0.05, 0.1) is 0 Å². The van der Waals surface area contributed by atoms with Gasteiger partial charge in [-0.2, -0.15) is 0 Å². The lowest BCUT2D eigenvalue weighted by Gasteiger charge is -2.07. The van der Waals surface area contributed by atoms with E-state index >= 15 is 0 Å². The normalized spacial score (nSPS) is 9.35. The van der Waals surface area contributed by atoms with Crippen molar-refractivity contribution in [3.8, 4) is 11.1 Å². The van der Waals surface area contributed by atoms with E-state index in [9.17, 15) is 0 Å². The summed E-state index contributed by atoms with van der Waals surface area (Å²) in [6.07, 6.45) is 4.10. The van der Waals surface area contributed by atoms with Crippen LogP contribution in [0.5, 0.6) is 0 Å². The van der Waals surface area contributed by atoms with Gasteiger partial charge < -0.3 is 5.32 Å². The van der Waals surface area contributed by atoms with Crippen LogP contribution < -0.4 is 5.32 Å². The van der Waals surface area contributed by atoms with Gasteiger partial charge in [0.15, 0.2) is 0 Å². The van der Waals surface area contributed by atoms with Gasteiger partial charge >= 0.3 is 0 Å². The van der Waals surface area contributed by atoms with Gasteiger partial charge in [-0.1, -0.05) is 55.8 Å². The number of hydrogen-bond acceptors (Lipinski definition) is 1. The summed E-state index contributed by atoms with van der Waals surface area (Å²) in [6.45, 7) is 7.47. The molecule has 0 heterocycles. The van der Waals surface area contributed by atoms with Gasteiger partial charge in [0.1, 0.15) is 0 Å². The molecule has 0 aliphatic rings. The lowest BCUT2D eigenvalue weighted by atomic mass is 10.0. The van der Waals surface area contributed by atoms with E-state index in [1.54, 1.807) is 6.08 Å². The highest BCUT2D eigenvalue weighted by Gasteiger charge is 1.99. The summed E-state index contributed by atoms with van der Waals surface area (Å²) in [5.41, 5.74) is 5.14. The quantitative estimate of drug-likeness (QED) is 0.717. The van der Waals surface area contributed by atoms with Crippen molar-refractivity contribution in [2.45, 2.75) is 26.7 Å². The molecule has 0 aromatic heterocycles. The third kappa shape index (κ3) is 4.93. The van der Waals surface area contributed by atoms with Crippen LogP contribution in [0.3, 0.4) is 0 Å². The second-order valence-electron chi connectivity index (χ2n) is 4.69. The van der Waals surface area contributed by atoms with Crippen molar-refractivity contribution in [1.82, 2.24) is 0 Å². The first-order valence-electron chi connectivity index (χ1n) is 7.19. The van der Waals surface area contributed by atoms with E-state index in [4.69, 9.17) is 0 Å². The Balaban J connectivity index is 0.000000612. The molecule has 1 N–H and O–H groups in total. The Morgan fingerprint density at radius 2 is 1.65 bits per heavy atom. The highest BCUT2D eigenvalue weighted by Crippen LogP contribution is 2.23. The van der Waals surface area contributed by atoms with Crippen LogP contribution in [0.4, 0.5) is 5.69 Å². The first kappa shape index (κ1) is 16.0. The Morgan fingerprint density at radius 3 is 2.25 bits per heavy atom. The molecule has 0 bridgehead atoms. The van der Waals surface area contributed by atoms with Crippen LogP contribution in [-0.4, -0.2) is 7.05 Å². The summed E-state index contributed by atoms with van der Waals surface area (Å²) in [5, 5.41) is 3.18. The Morgan fingerprint density at radius 1 is 1.05 bits per heavy atom. The van der Waals surface area contributed by atoms with Gasteiger partial charge in [0.25, 0.3) is 0 Å². The van der Waals surface area contributed by atoms with Crippen molar-refractivity contribution in [1.29, 1.82) is 0 Å². The predicted octanol–water partition coefficient (Wildman–Crippen LogP) is 5.54. The lowest BCUT2D eigenvalue weighted by molar-refractivity contribution is 0.922. The molecule has 1 nitrogen and oxygen atoms in total. The minimum atomic E-state index is 1.15. The molecule has 0 atom stereocenters. The van der Waals surface area contributed by atoms with Crippen LogP contribution in [-0.2, 0) is 6.42 Å².